The lowest BCUT2D eigenvalue weighted by Gasteiger charge is -1.98. The van der Waals surface area contributed by atoms with Crippen LogP contribution < -0.4 is 0 Å². The number of hydrogen-bond acceptors (Lipinski definition) is 1. The molecular formula is C8H14O2. The van der Waals surface area contributed by atoms with Crippen LogP contribution in [0.1, 0.15) is 26.7 Å². The first-order valence-corrected chi connectivity index (χ1v) is 3.55. The fourth-order valence-electron chi connectivity index (χ4n) is 0.712. The molecule has 1 atom stereocenters. The Labute approximate surface area is 61.6 Å². The van der Waals surface area contributed by atoms with Crippen LogP contribution in [0.15, 0.2) is 12.2 Å². The number of carboxylic acids is 1. The van der Waals surface area contributed by atoms with E-state index in [0.29, 0.717) is 0 Å². The van der Waals surface area contributed by atoms with Crippen LogP contribution in [0, 0.1) is 5.92 Å². The molecule has 0 rings (SSSR count). The van der Waals surface area contributed by atoms with Crippen LogP contribution in [0.3, 0.4) is 0 Å². The van der Waals surface area contributed by atoms with Crippen molar-refractivity contribution < 1.29 is 9.90 Å². The van der Waals surface area contributed by atoms with Crippen molar-refractivity contribution >= 4 is 5.97 Å². The van der Waals surface area contributed by atoms with Crippen LogP contribution in [0.2, 0.25) is 0 Å². The molecule has 1 unspecified atom stereocenters. The standard InChI is InChI=1S/C8H14O2/c1-3-4-5-7(2)6-8(9)10/h4-5,7H,3,6H2,1-2H3,(H,9,10). The molecule has 0 aliphatic heterocycles. The Morgan fingerprint density at radius 2 is 2.30 bits per heavy atom. The van der Waals surface area contributed by atoms with E-state index < -0.39 is 5.97 Å². The number of carboxylic acid groups (broad SMARTS) is 1. The van der Waals surface area contributed by atoms with Crippen molar-refractivity contribution in [3.05, 3.63) is 12.2 Å². The lowest BCUT2D eigenvalue weighted by molar-refractivity contribution is -0.137. The van der Waals surface area contributed by atoms with Gasteiger partial charge in [-0.25, -0.2) is 0 Å². The van der Waals surface area contributed by atoms with E-state index in [1.54, 1.807) is 0 Å². The maximum absolute atomic E-state index is 10.1. The van der Waals surface area contributed by atoms with E-state index in [9.17, 15) is 4.79 Å². The summed E-state index contributed by atoms with van der Waals surface area (Å²) in [7, 11) is 0. The van der Waals surface area contributed by atoms with E-state index >= 15 is 0 Å². The largest absolute Gasteiger partial charge is 0.481 e. The van der Waals surface area contributed by atoms with Gasteiger partial charge in [-0.3, -0.25) is 4.79 Å². The van der Waals surface area contributed by atoms with Crippen molar-refractivity contribution in [2.45, 2.75) is 26.7 Å². The molecule has 10 heavy (non-hydrogen) atoms. The Balaban J connectivity index is 3.52. The normalized spacial score (nSPS) is 13.8. The first-order valence-electron chi connectivity index (χ1n) is 3.55. The minimum Gasteiger partial charge on any atom is -0.481 e. The number of carbonyl (C=O) groups is 1. The highest BCUT2D eigenvalue weighted by molar-refractivity contribution is 5.67. The summed E-state index contributed by atoms with van der Waals surface area (Å²) >= 11 is 0. The van der Waals surface area contributed by atoms with Gasteiger partial charge in [0, 0.05) is 0 Å². The number of rotatable bonds is 4. The molecule has 0 heterocycles. The summed E-state index contributed by atoms with van der Waals surface area (Å²) in [6, 6.07) is 0. The smallest absolute Gasteiger partial charge is 0.303 e. The summed E-state index contributed by atoms with van der Waals surface area (Å²) in [4.78, 5) is 10.1. The second-order valence-corrected chi connectivity index (χ2v) is 2.41. The minimum atomic E-state index is -0.728. The Bertz CT molecular complexity index is 127. The summed E-state index contributed by atoms with van der Waals surface area (Å²) in [6.07, 6.45) is 5.14. The molecule has 2 heteroatoms. The van der Waals surface area contributed by atoms with E-state index in [-0.39, 0.29) is 12.3 Å². The van der Waals surface area contributed by atoms with Gasteiger partial charge in [-0.05, 0) is 12.3 Å². The summed E-state index contributed by atoms with van der Waals surface area (Å²) < 4.78 is 0. The zero-order chi connectivity index (χ0) is 7.98. The third-order valence-corrected chi connectivity index (χ3v) is 1.20. The monoisotopic (exact) mass is 142 g/mol. The van der Waals surface area contributed by atoms with Crippen LogP contribution in [-0.2, 0) is 4.79 Å². The lowest BCUT2D eigenvalue weighted by Crippen LogP contribution is -2.00. The predicted molar refractivity (Wildman–Crippen MR) is 40.8 cm³/mol. The highest BCUT2D eigenvalue weighted by Crippen LogP contribution is 2.03. The molecule has 0 bridgehead atoms. The van der Waals surface area contributed by atoms with E-state index in [1.165, 1.54) is 0 Å². The molecule has 0 fully saturated rings. The molecule has 0 aromatic carbocycles. The Morgan fingerprint density at radius 3 is 2.70 bits per heavy atom. The molecule has 0 aliphatic rings. The molecule has 58 valence electrons. The van der Waals surface area contributed by atoms with Crippen molar-refractivity contribution in [1.29, 1.82) is 0 Å². The maximum Gasteiger partial charge on any atom is 0.303 e. The SMILES string of the molecule is CCC=CC(C)CC(=O)O. The average molecular weight is 142 g/mol. The Kier molecular flexibility index (Phi) is 4.63. The van der Waals surface area contributed by atoms with Gasteiger partial charge >= 0.3 is 5.97 Å². The first-order chi connectivity index (χ1) is 4.66. The lowest BCUT2D eigenvalue weighted by atomic mass is 10.1. The van der Waals surface area contributed by atoms with Gasteiger partial charge in [-0.2, -0.15) is 0 Å². The molecule has 0 radical (unpaired) electrons. The van der Waals surface area contributed by atoms with Crippen molar-refractivity contribution in [3.63, 3.8) is 0 Å². The van der Waals surface area contributed by atoms with Crippen LogP contribution in [0.5, 0.6) is 0 Å². The molecule has 0 aromatic rings. The predicted octanol–water partition coefficient (Wildman–Crippen LogP) is 2.06. The summed E-state index contributed by atoms with van der Waals surface area (Å²) in [5, 5.41) is 8.35. The Morgan fingerprint density at radius 1 is 1.70 bits per heavy atom. The van der Waals surface area contributed by atoms with Gasteiger partial charge in [0.1, 0.15) is 0 Å². The molecule has 0 aliphatic carbocycles. The molecule has 0 saturated heterocycles. The Hall–Kier alpha value is -0.790. The average Bonchev–Trinajstić information content (AvgIpc) is 1.82. The minimum absolute atomic E-state index is 0.164. The molecule has 1 N–H and O–H groups in total. The molecule has 2 nitrogen and oxygen atoms in total. The molecule has 0 aromatic heterocycles. The molecular weight excluding hydrogens is 128 g/mol. The van der Waals surface area contributed by atoms with Crippen molar-refractivity contribution in [3.8, 4) is 0 Å². The molecule has 0 amide bonds. The van der Waals surface area contributed by atoms with Crippen molar-refractivity contribution in [2.24, 2.45) is 5.92 Å². The van der Waals surface area contributed by atoms with Crippen LogP contribution in [-0.4, -0.2) is 11.1 Å². The third-order valence-electron chi connectivity index (χ3n) is 1.20. The quantitative estimate of drug-likeness (QED) is 0.610. The summed E-state index contributed by atoms with van der Waals surface area (Å²) in [5.74, 6) is -0.564. The van der Waals surface area contributed by atoms with Gasteiger partial charge in [-0.1, -0.05) is 26.0 Å². The highest BCUT2D eigenvalue weighted by atomic mass is 16.4. The van der Waals surface area contributed by atoms with Crippen LogP contribution in [0.25, 0.3) is 0 Å². The topological polar surface area (TPSA) is 37.3 Å². The first kappa shape index (κ1) is 9.21. The van der Waals surface area contributed by atoms with E-state index in [1.807, 2.05) is 26.0 Å². The number of allylic oxidation sites excluding steroid dienone is 2. The van der Waals surface area contributed by atoms with Crippen molar-refractivity contribution in [2.75, 3.05) is 0 Å². The van der Waals surface area contributed by atoms with Gasteiger partial charge in [0.05, 0.1) is 6.42 Å². The van der Waals surface area contributed by atoms with Gasteiger partial charge in [0.15, 0.2) is 0 Å². The fourth-order valence-corrected chi connectivity index (χ4v) is 0.712. The van der Waals surface area contributed by atoms with Gasteiger partial charge in [-0.15, -0.1) is 0 Å². The summed E-state index contributed by atoms with van der Waals surface area (Å²) in [6.45, 7) is 3.93. The maximum atomic E-state index is 10.1. The summed E-state index contributed by atoms with van der Waals surface area (Å²) in [5.41, 5.74) is 0. The zero-order valence-corrected chi connectivity index (χ0v) is 6.50. The van der Waals surface area contributed by atoms with Gasteiger partial charge < -0.3 is 5.11 Å². The van der Waals surface area contributed by atoms with Crippen molar-refractivity contribution in [1.82, 2.24) is 0 Å². The number of hydrogen-bond donors (Lipinski definition) is 1. The van der Waals surface area contributed by atoms with Gasteiger partial charge in [0.2, 0.25) is 0 Å². The third kappa shape index (κ3) is 5.35. The van der Waals surface area contributed by atoms with Crippen LogP contribution in [0.4, 0.5) is 0 Å². The highest BCUT2D eigenvalue weighted by Gasteiger charge is 2.01. The van der Waals surface area contributed by atoms with Crippen LogP contribution >= 0.6 is 0 Å². The molecule has 0 spiro atoms. The second kappa shape index (κ2) is 5.03. The second-order valence-electron chi connectivity index (χ2n) is 2.41. The van der Waals surface area contributed by atoms with E-state index in [0.717, 1.165) is 6.42 Å². The zero-order valence-electron chi connectivity index (χ0n) is 6.50. The van der Waals surface area contributed by atoms with E-state index in [2.05, 4.69) is 0 Å². The number of aliphatic carboxylic acids is 1. The molecule has 0 saturated carbocycles. The fraction of sp³-hybridized carbons (Fsp3) is 0.625. The van der Waals surface area contributed by atoms with E-state index in [4.69, 9.17) is 5.11 Å². The van der Waals surface area contributed by atoms with Gasteiger partial charge in [0.25, 0.3) is 0 Å².